The molecular weight excluding hydrogens is 254 g/mol. The van der Waals surface area contributed by atoms with E-state index >= 15 is 0 Å². The highest BCUT2D eigenvalue weighted by molar-refractivity contribution is 5.42. The normalized spacial score (nSPS) is 15.5. The van der Waals surface area contributed by atoms with Crippen LogP contribution < -0.4 is 14.8 Å². The first-order chi connectivity index (χ1) is 9.43. The van der Waals surface area contributed by atoms with Crippen molar-refractivity contribution >= 4 is 0 Å². The summed E-state index contributed by atoms with van der Waals surface area (Å²) in [4.78, 5) is 0. The van der Waals surface area contributed by atoms with Gasteiger partial charge in [0.25, 0.3) is 0 Å². The van der Waals surface area contributed by atoms with E-state index in [2.05, 4.69) is 19.2 Å². The lowest BCUT2D eigenvalue weighted by atomic mass is 10.0. The van der Waals surface area contributed by atoms with Gasteiger partial charge in [-0.15, -0.1) is 0 Å². The molecule has 0 spiro atoms. The van der Waals surface area contributed by atoms with Gasteiger partial charge in [-0.2, -0.15) is 0 Å². The van der Waals surface area contributed by atoms with Crippen LogP contribution in [0.3, 0.4) is 0 Å². The van der Waals surface area contributed by atoms with Crippen LogP contribution in [0.1, 0.15) is 45.7 Å². The molecule has 0 saturated carbocycles. The van der Waals surface area contributed by atoms with Crippen molar-refractivity contribution in [3.05, 3.63) is 23.8 Å². The van der Waals surface area contributed by atoms with Crippen molar-refractivity contribution in [1.29, 1.82) is 0 Å². The highest BCUT2D eigenvalue weighted by Crippen LogP contribution is 2.30. The van der Waals surface area contributed by atoms with Gasteiger partial charge in [-0.1, -0.05) is 19.9 Å². The molecule has 1 aromatic rings. The molecule has 2 unspecified atom stereocenters. The molecule has 0 amide bonds. The molecule has 1 rings (SSSR count). The Balaban J connectivity index is 2.94. The topological polar surface area (TPSA) is 50.7 Å². The van der Waals surface area contributed by atoms with Gasteiger partial charge in [0, 0.05) is 17.7 Å². The fourth-order valence-corrected chi connectivity index (χ4v) is 1.88. The SMILES string of the molecule is CCNC(C)c1ccc(OC)cc1OCC(C)(O)CC. The first kappa shape index (κ1) is 16.8. The van der Waals surface area contributed by atoms with E-state index in [0.717, 1.165) is 23.6 Å². The van der Waals surface area contributed by atoms with Gasteiger partial charge < -0.3 is 19.9 Å². The third-order valence-electron chi connectivity index (χ3n) is 3.50. The monoisotopic (exact) mass is 281 g/mol. The smallest absolute Gasteiger partial charge is 0.127 e. The zero-order chi connectivity index (χ0) is 15.2. The minimum Gasteiger partial charge on any atom is -0.497 e. The zero-order valence-electron chi connectivity index (χ0n) is 13.2. The van der Waals surface area contributed by atoms with Gasteiger partial charge in [0.2, 0.25) is 0 Å². The minimum atomic E-state index is -0.818. The lowest BCUT2D eigenvalue weighted by molar-refractivity contribution is 0.00798. The fraction of sp³-hybridized carbons (Fsp3) is 0.625. The first-order valence-electron chi connectivity index (χ1n) is 7.20. The fourth-order valence-electron chi connectivity index (χ4n) is 1.88. The van der Waals surface area contributed by atoms with Crippen LogP contribution in [0.15, 0.2) is 18.2 Å². The average molecular weight is 281 g/mol. The maximum atomic E-state index is 10.1. The lowest BCUT2D eigenvalue weighted by Crippen LogP contribution is -2.31. The Morgan fingerprint density at radius 2 is 2.05 bits per heavy atom. The molecule has 20 heavy (non-hydrogen) atoms. The molecule has 2 atom stereocenters. The summed E-state index contributed by atoms with van der Waals surface area (Å²) in [6, 6.07) is 5.98. The van der Waals surface area contributed by atoms with E-state index in [1.807, 2.05) is 25.1 Å². The second kappa shape index (κ2) is 7.50. The van der Waals surface area contributed by atoms with Crippen molar-refractivity contribution in [2.45, 2.75) is 45.8 Å². The second-order valence-corrected chi connectivity index (χ2v) is 5.32. The van der Waals surface area contributed by atoms with Crippen LogP contribution in [0.25, 0.3) is 0 Å². The molecule has 2 N–H and O–H groups in total. The molecular formula is C16H27NO3. The van der Waals surface area contributed by atoms with Crippen LogP contribution in [0.2, 0.25) is 0 Å². The van der Waals surface area contributed by atoms with E-state index in [-0.39, 0.29) is 12.6 Å². The van der Waals surface area contributed by atoms with E-state index in [4.69, 9.17) is 9.47 Å². The summed E-state index contributed by atoms with van der Waals surface area (Å²) in [5.74, 6) is 1.51. The highest BCUT2D eigenvalue weighted by Gasteiger charge is 2.20. The number of ether oxygens (including phenoxy) is 2. The van der Waals surface area contributed by atoms with E-state index in [1.165, 1.54) is 0 Å². The van der Waals surface area contributed by atoms with E-state index in [1.54, 1.807) is 14.0 Å². The first-order valence-corrected chi connectivity index (χ1v) is 7.20. The summed E-state index contributed by atoms with van der Waals surface area (Å²) in [5.41, 5.74) is 0.251. The summed E-state index contributed by atoms with van der Waals surface area (Å²) in [5, 5.41) is 13.4. The molecule has 0 fully saturated rings. The van der Waals surface area contributed by atoms with Crippen molar-refractivity contribution in [2.24, 2.45) is 0 Å². The summed E-state index contributed by atoms with van der Waals surface area (Å²) in [6.07, 6.45) is 0.648. The Bertz CT molecular complexity index is 418. The molecule has 0 aliphatic carbocycles. The van der Waals surface area contributed by atoms with E-state index in [9.17, 15) is 5.11 Å². The molecule has 1 aromatic carbocycles. The van der Waals surface area contributed by atoms with Crippen LogP contribution in [0.4, 0.5) is 0 Å². The van der Waals surface area contributed by atoms with Crippen LogP contribution in [0.5, 0.6) is 11.5 Å². The molecule has 0 saturated heterocycles. The van der Waals surface area contributed by atoms with Crippen LogP contribution in [-0.4, -0.2) is 31.0 Å². The number of nitrogens with one attached hydrogen (secondary N) is 1. The number of hydrogen-bond acceptors (Lipinski definition) is 4. The van der Waals surface area contributed by atoms with Gasteiger partial charge in [0.15, 0.2) is 0 Å². The standard InChI is InChI=1S/C16H27NO3/c1-6-16(4,18)11-20-15-10-13(19-5)8-9-14(15)12(3)17-7-2/h8-10,12,17-18H,6-7,11H2,1-5H3. The number of benzene rings is 1. The van der Waals surface area contributed by atoms with Gasteiger partial charge in [-0.3, -0.25) is 0 Å². The Kier molecular flexibility index (Phi) is 6.30. The predicted molar refractivity (Wildman–Crippen MR) is 81.5 cm³/mol. The molecule has 114 valence electrons. The zero-order valence-corrected chi connectivity index (χ0v) is 13.2. The average Bonchev–Trinajstić information content (AvgIpc) is 2.45. The van der Waals surface area contributed by atoms with Crippen molar-refractivity contribution in [2.75, 3.05) is 20.3 Å². The predicted octanol–water partition coefficient (Wildman–Crippen LogP) is 2.91. The maximum absolute atomic E-state index is 10.1. The highest BCUT2D eigenvalue weighted by atomic mass is 16.5. The lowest BCUT2D eigenvalue weighted by Gasteiger charge is -2.24. The van der Waals surface area contributed by atoms with Crippen molar-refractivity contribution in [3.8, 4) is 11.5 Å². The molecule has 0 heterocycles. The number of hydrogen-bond donors (Lipinski definition) is 2. The second-order valence-electron chi connectivity index (χ2n) is 5.32. The summed E-state index contributed by atoms with van der Waals surface area (Å²) >= 11 is 0. The van der Waals surface area contributed by atoms with Crippen molar-refractivity contribution in [1.82, 2.24) is 5.32 Å². The van der Waals surface area contributed by atoms with E-state index < -0.39 is 5.60 Å². The van der Waals surface area contributed by atoms with Crippen molar-refractivity contribution in [3.63, 3.8) is 0 Å². The number of aliphatic hydroxyl groups is 1. The summed E-state index contributed by atoms with van der Waals surface area (Å²) in [7, 11) is 1.63. The van der Waals surface area contributed by atoms with Gasteiger partial charge in [-0.05, 0) is 32.9 Å². The summed E-state index contributed by atoms with van der Waals surface area (Å²) < 4.78 is 11.1. The van der Waals surface area contributed by atoms with Gasteiger partial charge in [0.1, 0.15) is 18.1 Å². The third-order valence-corrected chi connectivity index (χ3v) is 3.50. The Labute approximate surface area is 122 Å². The Hall–Kier alpha value is -1.26. The van der Waals surface area contributed by atoms with Gasteiger partial charge >= 0.3 is 0 Å². The molecule has 0 aliphatic rings. The molecule has 0 aliphatic heterocycles. The summed E-state index contributed by atoms with van der Waals surface area (Å²) in [6.45, 7) is 9.04. The van der Waals surface area contributed by atoms with Crippen LogP contribution in [0, 0.1) is 0 Å². The van der Waals surface area contributed by atoms with Crippen LogP contribution >= 0.6 is 0 Å². The number of methoxy groups -OCH3 is 1. The molecule has 4 nitrogen and oxygen atoms in total. The quantitative estimate of drug-likeness (QED) is 0.769. The van der Waals surface area contributed by atoms with E-state index in [0.29, 0.717) is 6.42 Å². The molecule has 0 bridgehead atoms. The minimum absolute atomic E-state index is 0.187. The van der Waals surface area contributed by atoms with Gasteiger partial charge in [0.05, 0.1) is 12.7 Å². The largest absolute Gasteiger partial charge is 0.497 e. The Morgan fingerprint density at radius 3 is 2.60 bits per heavy atom. The molecule has 0 radical (unpaired) electrons. The third kappa shape index (κ3) is 4.69. The number of rotatable bonds is 8. The van der Waals surface area contributed by atoms with Gasteiger partial charge in [-0.25, -0.2) is 0 Å². The van der Waals surface area contributed by atoms with Crippen molar-refractivity contribution < 1.29 is 14.6 Å². The maximum Gasteiger partial charge on any atom is 0.127 e. The Morgan fingerprint density at radius 1 is 1.35 bits per heavy atom. The van der Waals surface area contributed by atoms with Crippen LogP contribution in [-0.2, 0) is 0 Å². The molecule has 0 aromatic heterocycles. The molecule has 4 heteroatoms.